The Morgan fingerprint density at radius 2 is 2.17 bits per heavy atom. The molecule has 2 fully saturated rings. The summed E-state index contributed by atoms with van der Waals surface area (Å²) in [5.41, 5.74) is 0.393. The zero-order valence-corrected chi connectivity index (χ0v) is 17.6. The van der Waals surface area contributed by atoms with Gasteiger partial charge < -0.3 is 19.9 Å². The number of guanidine groups is 1. The molecule has 0 amide bonds. The number of ether oxygens (including phenoxy) is 1. The van der Waals surface area contributed by atoms with Crippen molar-refractivity contribution >= 4 is 29.9 Å². The van der Waals surface area contributed by atoms with E-state index in [4.69, 9.17) is 9.73 Å². The lowest BCUT2D eigenvalue weighted by molar-refractivity contribution is 0.156. The monoisotopic (exact) mass is 438 g/mol. The van der Waals surface area contributed by atoms with E-state index in [9.17, 15) is 0 Å². The Bertz CT molecular complexity index is 372. The summed E-state index contributed by atoms with van der Waals surface area (Å²) in [6, 6.07) is 0.628. The number of nitrogens with one attached hydrogen (secondary N) is 1. The summed E-state index contributed by atoms with van der Waals surface area (Å²) >= 11 is 0. The van der Waals surface area contributed by atoms with Gasteiger partial charge in [0.2, 0.25) is 0 Å². The van der Waals surface area contributed by atoms with Crippen LogP contribution in [0.5, 0.6) is 0 Å². The van der Waals surface area contributed by atoms with E-state index in [2.05, 4.69) is 42.9 Å². The minimum atomic E-state index is 0. The summed E-state index contributed by atoms with van der Waals surface area (Å²) in [5, 5.41) is 3.46. The maximum absolute atomic E-state index is 5.63. The van der Waals surface area contributed by atoms with E-state index < -0.39 is 0 Å². The van der Waals surface area contributed by atoms with Gasteiger partial charge in [-0.25, -0.2) is 0 Å². The molecule has 1 N–H and O–H groups in total. The Morgan fingerprint density at radius 1 is 1.39 bits per heavy atom. The first-order valence-electron chi connectivity index (χ1n) is 8.91. The van der Waals surface area contributed by atoms with Gasteiger partial charge in [0.1, 0.15) is 0 Å². The highest BCUT2D eigenvalue weighted by atomic mass is 127. The van der Waals surface area contributed by atoms with Crippen LogP contribution in [0.25, 0.3) is 0 Å². The number of aliphatic imine (C=N–C) groups is 1. The minimum absolute atomic E-state index is 0. The van der Waals surface area contributed by atoms with Crippen molar-refractivity contribution in [2.75, 3.05) is 53.0 Å². The van der Waals surface area contributed by atoms with Crippen LogP contribution in [-0.4, -0.2) is 74.8 Å². The summed E-state index contributed by atoms with van der Waals surface area (Å²) in [6.45, 7) is 13.5. The van der Waals surface area contributed by atoms with Crippen molar-refractivity contribution in [2.45, 2.75) is 46.1 Å². The summed E-state index contributed by atoms with van der Waals surface area (Å²) < 4.78 is 5.63. The van der Waals surface area contributed by atoms with Crippen molar-refractivity contribution in [3.05, 3.63) is 0 Å². The topological polar surface area (TPSA) is 40.1 Å². The predicted octanol–water partition coefficient (Wildman–Crippen LogP) is 2.41. The molecular weight excluding hydrogens is 403 g/mol. The Labute approximate surface area is 159 Å². The van der Waals surface area contributed by atoms with Crippen LogP contribution < -0.4 is 5.32 Å². The van der Waals surface area contributed by atoms with Gasteiger partial charge in [-0.1, -0.05) is 6.92 Å². The third kappa shape index (κ3) is 5.74. The van der Waals surface area contributed by atoms with Crippen LogP contribution in [0.4, 0.5) is 0 Å². The average Bonchev–Trinajstić information content (AvgIpc) is 3.16. The van der Waals surface area contributed by atoms with Gasteiger partial charge in [-0.15, -0.1) is 24.0 Å². The van der Waals surface area contributed by atoms with Crippen LogP contribution >= 0.6 is 24.0 Å². The molecule has 0 radical (unpaired) electrons. The van der Waals surface area contributed by atoms with Crippen LogP contribution in [0, 0.1) is 5.41 Å². The zero-order chi connectivity index (χ0) is 16.0. The number of likely N-dealkylation sites (tertiary alicyclic amines) is 1. The molecule has 136 valence electrons. The third-order valence-electron chi connectivity index (χ3n) is 5.32. The molecule has 0 bridgehead atoms. The van der Waals surface area contributed by atoms with Crippen molar-refractivity contribution in [3.63, 3.8) is 0 Å². The smallest absolute Gasteiger partial charge is 0.193 e. The highest BCUT2D eigenvalue weighted by molar-refractivity contribution is 14.0. The van der Waals surface area contributed by atoms with Gasteiger partial charge in [0.15, 0.2) is 5.96 Å². The molecule has 5 nitrogen and oxygen atoms in total. The largest absolute Gasteiger partial charge is 0.381 e. The van der Waals surface area contributed by atoms with Crippen LogP contribution in [0.1, 0.15) is 40.0 Å². The summed E-state index contributed by atoms with van der Waals surface area (Å²) in [4.78, 5) is 9.68. The molecule has 0 aromatic rings. The molecule has 23 heavy (non-hydrogen) atoms. The lowest BCUT2D eigenvalue weighted by Crippen LogP contribution is -2.42. The third-order valence-corrected chi connectivity index (χ3v) is 5.32. The normalized spacial score (nSPS) is 26.0. The predicted molar refractivity (Wildman–Crippen MR) is 108 cm³/mol. The first kappa shape index (κ1) is 21.0. The van der Waals surface area contributed by atoms with Crippen LogP contribution in [0.15, 0.2) is 4.99 Å². The van der Waals surface area contributed by atoms with E-state index in [1.807, 2.05) is 0 Å². The second-order valence-electron chi connectivity index (χ2n) is 6.95. The maximum Gasteiger partial charge on any atom is 0.193 e. The van der Waals surface area contributed by atoms with Gasteiger partial charge in [-0.2, -0.15) is 0 Å². The average molecular weight is 438 g/mol. The van der Waals surface area contributed by atoms with Gasteiger partial charge in [-0.05, 0) is 40.2 Å². The molecule has 2 unspecified atom stereocenters. The number of hydrogen-bond donors (Lipinski definition) is 1. The van der Waals surface area contributed by atoms with Crippen molar-refractivity contribution in [1.82, 2.24) is 15.1 Å². The van der Waals surface area contributed by atoms with Crippen LogP contribution in [0.2, 0.25) is 0 Å². The van der Waals surface area contributed by atoms with E-state index in [0.717, 1.165) is 51.9 Å². The van der Waals surface area contributed by atoms with E-state index in [1.54, 1.807) is 0 Å². The minimum Gasteiger partial charge on any atom is -0.381 e. The highest BCUT2D eigenvalue weighted by Gasteiger charge is 2.42. The molecule has 2 aliphatic rings. The molecular formula is C17H35IN4O. The Balaban J connectivity index is 0.00000264. The van der Waals surface area contributed by atoms with Crippen molar-refractivity contribution in [3.8, 4) is 0 Å². The molecule has 2 aliphatic heterocycles. The summed E-state index contributed by atoms with van der Waals surface area (Å²) in [5.74, 6) is 1.09. The fraction of sp³-hybridized carbons (Fsp3) is 0.941. The molecule has 0 saturated carbocycles. The van der Waals surface area contributed by atoms with Gasteiger partial charge in [-0.3, -0.25) is 4.99 Å². The summed E-state index contributed by atoms with van der Waals surface area (Å²) in [6.07, 6.45) is 3.64. The molecule has 6 heteroatoms. The Morgan fingerprint density at radius 3 is 2.78 bits per heavy atom. The standard InChI is InChI=1S/C17H34N4O.HI/c1-5-15(3)20(4)11-9-19-16(18-6-2)21-10-7-17(13-21)8-12-22-14-17;/h15H,5-14H2,1-4H3,(H,18,19);1H. The molecule has 0 aromatic heterocycles. The van der Waals surface area contributed by atoms with Crippen molar-refractivity contribution in [1.29, 1.82) is 0 Å². The van der Waals surface area contributed by atoms with Crippen molar-refractivity contribution < 1.29 is 4.74 Å². The Hall–Kier alpha value is -0.0800. The van der Waals surface area contributed by atoms with Crippen molar-refractivity contribution in [2.24, 2.45) is 10.4 Å². The Kier molecular flexibility index (Phi) is 9.15. The molecule has 2 atom stereocenters. The van der Waals surface area contributed by atoms with E-state index >= 15 is 0 Å². The van der Waals surface area contributed by atoms with E-state index in [-0.39, 0.29) is 24.0 Å². The van der Waals surface area contributed by atoms with E-state index in [1.165, 1.54) is 19.3 Å². The number of likely N-dealkylation sites (N-methyl/N-ethyl adjacent to an activating group) is 1. The second-order valence-corrected chi connectivity index (χ2v) is 6.95. The van der Waals surface area contributed by atoms with Gasteiger partial charge >= 0.3 is 0 Å². The lowest BCUT2D eigenvalue weighted by Gasteiger charge is -2.26. The molecule has 2 heterocycles. The van der Waals surface area contributed by atoms with E-state index in [0.29, 0.717) is 11.5 Å². The molecule has 0 aromatic carbocycles. The van der Waals surface area contributed by atoms with Gasteiger partial charge in [0.05, 0.1) is 13.2 Å². The number of hydrogen-bond acceptors (Lipinski definition) is 3. The fourth-order valence-electron chi connectivity index (χ4n) is 3.36. The SMILES string of the molecule is CCNC(=NCCN(C)C(C)CC)N1CCC2(CCOC2)C1.I. The van der Waals surface area contributed by atoms with Crippen LogP contribution in [-0.2, 0) is 4.74 Å². The summed E-state index contributed by atoms with van der Waals surface area (Å²) in [7, 11) is 2.19. The first-order chi connectivity index (χ1) is 10.6. The number of rotatable bonds is 6. The second kappa shape index (κ2) is 10.0. The first-order valence-corrected chi connectivity index (χ1v) is 8.91. The lowest BCUT2D eigenvalue weighted by atomic mass is 9.87. The van der Waals surface area contributed by atoms with Crippen LogP contribution in [0.3, 0.4) is 0 Å². The maximum atomic E-state index is 5.63. The quantitative estimate of drug-likeness (QED) is 0.393. The highest BCUT2D eigenvalue weighted by Crippen LogP contribution is 2.38. The fourth-order valence-corrected chi connectivity index (χ4v) is 3.36. The molecule has 2 saturated heterocycles. The number of halogens is 1. The molecule has 1 spiro atoms. The van der Waals surface area contributed by atoms with Gasteiger partial charge in [0, 0.05) is 44.2 Å². The molecule has 2 rings (SSSR count). The molecule has 0 aliphatic carbocycles. The number of nitrogens with zero attached hydrogens (tertiary/aromatic N) is 3. The van der Waals surface area contributed by atoms with Gasteiger partial charge in [0.25, 0.3) is 0 Å². The zero-order valence-electron chi connectivity index (χ0n) is 15.3.